The molecule has 82 valence electrons. The summed E-state index contributed by atoms with van der Waals surface area (Å²) in [5.41, 5.74) is 1.45. The third-order valence-electron chi connectivity index (χ3n) is 2.25. The maximum Gasteiger partial charge on any atom is 0.183 e. The summed E-state index contributed by atoms with van der Waals surface area (Å²) >= 11 is 0. The molecule has 0 atom stereocenters. The number of pyridine rings is 1. The van der Waals surface area contributed by atoms with Gasteiger partial charge in [-0.2, -0.15) is 0 Å². The van der Waals surface area contributed by atoms with Gasteiger partial charge in [-0.15, -0.1) is 10.2 Å². The van der Waals surface area contributed by atoms with Crippen LogP contribution in [0.1, 0.15) is 0 Å². The Balaban J connectivity index is 1.96. The fourth-order valence-electron chi connectivity index (χ4n) is 1.44. The van der Waals surface area contributed by atoms with E-state index in [4.69, 9.17) is 4.42 Å². The van der Waals surface area contributed by atoms with Crippen LogP contribution < -0.4 is 0 Å². The van der Waals surface area contributed by atoms with Crippen LogP contribution in [0.15, 0.2) is 53.5 Å². The van der Waals surface area contributed by atoms with E-state index < -0.39 is 0 Å². The number of hydrogen-bond acceptors (Lipinski definition) is 5. The van der Waals surface area contributed by atoms with Crippen LogP contribution in [0.2, 0.25) is 0 Å². The average Bonchev–Trinajstić information content (AvgIpc) is 2.94. The van der Waals surface area contributed by atoms with Gasteiger partial charge in [-0.1, -0.05) is 0 Å². The van der Waals surface area contributed by atoms with Gasteiger partial charge in [0.1, 0.15) is 5.69 Å². The number of hydrogen-bond donors (Lipinski definition) is 0. The van der Waals surface area contributed by atoms with E-state index >= 15 is 0 Å². The van der Waals surface area contributed by atoms with Crippen molar-refractivity contribution in [2.75, 3.05) is 0 Å². The van der Waals surface area contributed by atoms with E-state index in [1.54, 1.807) is 30.9 Å². The van der Waals surface area contributed by atoms with Crippen LogP contribution in [0.25, 0.3) is 22.8 Å². The number of aromatic nitrogens is 4. The van der Waals surface area contributed by atoms with Crippen LogP contribution in [0.4, 0.5) is 0 Å². The normalized spacial score (nSPS) is 10.4. The lowest BCUT2D eigenvalue weighted by Gasteiger charge is -1.98. The molecule has 0 aliphatic rings. The summed E-state index contributed by atoms with van der Waals surface area (Å²) in [5.74, 6) is 1.20. The highest BCUT2D eigenvalue weighted by molar-refractivity contribution is 5.55. The third-order valence-corrected chi connectivity index (χ3v) is 2.25. The predicted molar refractivity (Wildman–Crippen MR) is 60.8 cm³/mol. The molecule has 0 spiro atoms. The van der Waals surface area contributed by atoms with E-state index in [2.05, 4.69) is 20.2 Å². The molecule has 0 bridgehead atoms. The summed E-state index contributed by atoms with van der Waals surface area (Å²) in [6.07, 6.45) is 6.62. The van der Waals surface area contributed by atoms with Crippen molar-refractivity contribution in [1.29, 1.82) is 0 Å². The first-order valence-corrected chi connectivity index (χ1v) is 5.07. The molecule has 0 radical (unpaired) electrons. The Hall–Kier alpha value is -2.56. The standard InChI is InChI=1S/C12H8N4O/c1-3-9(7-13-5-1)12-14-8-10(15-16-12)11-4-2-6-17-11/h1-8H. The second-order valence-electron chi connectivity index (χ2n) is 3.39. The van der Waals surface area contributed by atoms with Gasteiger partial charge in [-0.05, 0) is 24.3 Å². The molecule has 3 aromatic heterocycles. The summed E-state index contributed by atoms with van der Waals surface area (Å²) in [6, 6.07) is 7.33. The lowest BCUT2D eigenvalue weighted by atomic mass is 10.3. The lowest BCUT2D eigenvalue weighted by molar-refractivity contribution is 0.578. The molecular formula is C12H8N4O. The van der Waals surface area contributed by atoms with Crippen LogP contribution in [-0.2, 0) is 0 Å². The SMILES string of the molecule is c1cncc(-c2ncc(-c3ccco3)nn2)c1. The lowest BCUT2D eigenvalue weighted by Crippen LogP contribution is -1.94. The van der Waals surface area contributed by atoms with Crippen molar-refractivity contribution in [2.45, 2.75) is 0 Å². The van der Waals surface area contributed by atoms with Crippen LogP contribution in [0, 0.1) is 0 Å². The van der Waals surface area contributed by atoms with Crippen LogP contribution >= 0.6 is 0 Å². The highest BCUT2D eigenvalue weighted by Gasteiger charge is 2.05. The molecule has 5 nitrogen and oxygen atoms in total. The predicted octanol–water partition coefficient (Wildman–Crippen LogP) is 2.19. The minimum absolute atomic E-state index is 0.549. The number of rotatable bonds is 2. The van der Waals surface area contributed by atoms with Crippen molar-refractivity contribution in [3.63, 3.8) is 0 Å². The second-order valence-corrected chi connectivity index (χ2v) is 3.39. The van der Waals surface area contributed by atoms with Crippen LogP contribution in [-0.4, -0.2) is 20.2 Å². The maximum absolute atomic E-state index is 5.21. The van der Waals surface area contributed by atoms with Crippen molar-refractivity contribution >= 4 is 0 Å². The zero-order chi connectivity index (χ0) is 11.5. The van der Waals surface area contributed by atoms with Gasteiger partial charge >= 0.3 is 0 Å². The topological polar surface area (TPSA) is 64.7 Å². The van der Waals surface area contributed by atoms with E-state index in [0.717, 1.165) is 5.56 Å². The summed E-state index contributed by atoms with van der Waals surface area (Å²) in [5, 5.41) is 8.11. The van der Waals surface area contributed by atoms with Crippen LogP contribution in [0.5, 0.6) is 0 Å². The van der Waals surface area contributed by atoms with Gasteiger partial charge in [0.15, 0.2) is 11.6 Å². The average molecular weight is 224 g/mol. The molecule has 0 amide bonds. The van der Waals surface area contributed by atoms with Gasteiger partial charge < -0.3 is 4.42 Å². The molecule has 0 saturated heterocycles. The van der Waals surface area contributed by atoms with Crippen molar-refractivity contribution in [1.82, 2.24) is 20.2 Å². The van der Waals surface area contributed by atoms with Crippen molar-refractivity contribution < 1.29 is 4.42 Å². The summed E-state index contributed by atoms with van der Waals surface area (Å²) in [6.45, 7) is 0. The molecule has 3 rings (SSSR count). The first kappa shape index (κ1) is 9.65. The Morgan fingerprint density at radius 1 is 1.00 bits per heavy atom. The highest BCUT2D eigenvalue weighted by Crippen LogP contribution is 2.17. The maximum atomic E-state index is 5.21. The number of nitrogens with zero attached hydrogens (tertiary/aromatic N) is 4. The molecule has 0 aliphatic carbocycles. The van der Waals surface area contributed by atoms with E-state index in [1.807, 2.05) is 18.2 Å². The zero-order valence-corrected chi connectivity index (χ0v) is 8.82. The van der Waals surface area contributed by atoms with E-state index in [0.29, 0.717) is 17.3 Å². The Morgan fingerprint density at radius 2 is 2.00 bits per heavy atom. The van der Waals surface area contributed by atoms with Gasteiger partial charge in [0.2, 0.25) is 0 Å². The minimum atomic E-state index is 0.549. The van der Waals surface area contributed by atoms with Crippen molar-refractivity contribution in [2.24, 2.45) is 0 Å². The van der Waals surface area contributed by atoms with Crippen molar-refractivity contribution in [3.05, 3.63) is 49.1 Å². The monoisotopic (exact) mass is 224 g/mol. The molecule has 0 aromatic carbocycles. The summed E-state index contributed by atoms with van der Waals surface area (Å²) < 4.78 is 5.21. The molecule has 17 heavy (non-hydrogen) atoms. The molecule has 0 fully saturated rings. The highest BCUT2D eigenvalue weighted by atomic mass is 16.3. The molecular weight excluding hydrogens is 216 g/mol. The smallest absolute Gasteiger partial charge is 0.183 e. The van der Waals surface area contributed by atoms with E-state index in [-0.39, 0.29) is 0 Å². The van der Waals surface area contributed by atoms with Gasteiger partial charge in [-0.25, -0.2) is 4.98 Å². The first-order chi connectivity index (χ1) is 8.43. The first-order valence-electron chi connectivity index (χ1n) is 5.07. The fourth-order valence-corrected chi connectivity index (χ4v) is 1.44. The largest absolute Gasteiger partial charge is 0.463 e. The molecule has 0 saturated carbocycles. The molecule has 0 aliphatic heterocycles. The van der Waals surface area contributed by atoms with Gasteiger partial charge in [0, 0.05) is 18.0 Å². The fraction of sp³-hybridized carbons (Fsp3) is 0. The Kier molecular flexibility index (Phi) is 2.34. The Labute approximate surface area is 97.2 Å². The minimum Gasteiger partial charge on any atom is -0.463 e. The van der Waals surface area contributed by atoms with Gasteiger partial charge in [-0.3, -0.25) is 4.98 Å². The molecule has 3 heterocycles. The zero-order valence-electron chi connectivity index (χ0n) is 8.82. The van der Waals surface area contributed by atoms with Crippen molar-refractivity contribution in [3.8, 4) is 22.8 Å². The van der Waals surface area contributed by atoms with Crippen LogP contribution in [0.3, 0.4) is 0 Å². The second kappa shape index (κ2) is 4.13. The third kappa shape index (κ3) is 1.90. The molecule has 0 N–H and O–H groups in total. The quantitative estimate of drug-likeness (QED) is 0.667. The molecule has 0 unspecified atom stereocenters. The summed E-state index contributed by atoms with van der Waals surface area (Å²) in [7, 11) is 0. The Morgan fingerprint density at radius 3 is 2.65 bits per heavy atom. The molecule has 5 heteroatoms. The summed E-state index contributed by atoms with van der Waals surface area (Å²) in [4.78, 5) is 8.24. The van der Waals surface area contributed by atoms with E-state index in [1.165, 1.54) is 0 Å². The molecule has 3 aromatic rings. The number of furan rings is 1. The van der Waals surface area contributed by atoms with Gasteiger partial charge in [0.25, 0.3) is 0 Å². The Bertz CT molecular complexity index is 590. The van der Waals surface area contributed by atoms with Gasteiger partial charge in [0.05, 0.1) is 12.5 Å². The van der Waals surface area contributed by atoms with E-state index in [9.17, 15) is 0 Å².